The third-order valence-electron chi connectivity index (χ3n) is 1.41. The van der Waals surface area contributed by atoms with Crippen LogP contribution in [0.2, 0.25) is 0 Å². The number of nitrogens with zero attached hydrogens (tertiary/aromatic N) is 1. The molecule has 0 aliphatic heterocycles. The molecule has 2 nitrogen and oxygen atoms in total. The summed E-state index contributed by atoms with van der Waals surface area (Å²) in [6.45, 7) is 0. The molecular weight excluding hydrogens is 164 g/mol. The van der Waals surface area contributed by atoms with E-state index in [9.17, 15) is 13.6 Å². The Balaban J connectivity index is 3.08. The Morgan fingerprint density at radius 3 is 2.17 bits per heavy atom. The van der Waals surface area contributed by atoms with Gasteiger partial charge in [0.05, 0.1) is 0 Å². The molecule has 0 bridgehead atoms. The average Bonchev–Trinajstić information content (AvgIpc) is 2.01. The Bertz CT molecular complexity index is 281. The molecule has 0 aromatic heterocycles. The largest absolute Gasteiger partial charge is 0.318 e. The molecule has 1 amide bonds. The van der Waals surface area contributed by atoms with Crippen LogP contribution in [0.15, 0.2) is 18.2 Å². The van der Waals surface area contributed by atoms with Crippen LogP contribution in [0.3, 0.4) is 0 Å². The minimum Gasteiger partial charge on any atom is -0.318 e. The van der Waals surface area contributed by atoms with E-state index in [1.165, 1.54) is 7.05 Å². The van der Waals surface area contributed by atoms with Crippen molar-refractivity contribution in [2.75, 3.05) is 11.9 Å². The van der Waals surface area contributed by atoms with Gasteiger partial charge in [-0.25, -0.2) is 8.78 Å². The van der Waals surface area contributed by atoms with Crippen molar-refractivity contribution < 1.29 is 13.6 Å². The summed E-state index contributed by atoms with van der Waals surface area (Å²) in [5.74, 6) is -1.39. The Morgan fingerprint density at radius 2 is 1.75 bits per heavy atom. The zero-order chi connectivity index (χ0) is 9.14. The highest BCUT2D eigenvalue weighted by Gasteiger charge is 2.03. The van der Waals surface area contributed by atoms with Crippen LogP contribution < -0.4 is 4.90 Å². The Kier molecular flexibility index (Phi) is 2.38. The number of amides is 1. The Hall–Kier alpha value is -1.45. The molecule has 64 valence electrons. The van der Waals surface area contributed by atoms with Crippen molar-refractivity contribution in [2.24, 2.45) is 0 Å². The first-order chi connectivity index (χ1) is 5.63. The van der Waals surface area contributed by atoms with Crippen molar-refractivity contribution >= 4 is 12.1 Å². The van der Waals surface area contributed by atoms with Crippen LogP contribution in [0, 0.1) is 11.6 Å². The number of rotatable bonds is 2. The van der Waals surface area contributed by atoms with Gasteiger partial charge in [-0.05, 0) is 12.1 Å². The first-order valence-electron chi connectivity index (χ1n) is 3.27. The van der Waals surface area contributed by atoms with Gasteiger partial charge in [0.15, 0.2) is 0 Å². The molecule has 0 fully saturated rings. The number of carbonyl (C=O) groups excluding carboxylic acids is 1. The Morgan fingerprint density at radius 1 is 1.25 bits per heavy atom. The summed E-state index contributed by atoms with van der Waals surface area (Å²) >= 11 is 0. The first kappa shape index (κ1) is 8.64. The molecule has 0 saturated heterocycles. The van der Waals surface area contributed by atoms with Gasteiger partial charge in [-0.1, -0.05) is 0 Å². The van der Waals surface area contributed by atoms with E-state index >= 15 is 0 Å². The van der Waals surface area contributed by atoms with Gasteiger partial charge >= 0.3 is 0 Å². The molecule has 0 saturated carbocycles. The lowest BCUT2D eigenvalue weighted by molar-refractivity contribution is -0.107. The summed E-state index contributed by atoms with van der Waals surface area (Å²) in [5.41, 5.74) is 0.197. The molecule has 1 aromatic rings. The van der Waals surface area contributed by atoms with E-state index in [1.807, 2.05) is 0 Å². The minimum atomic E-state index is -0.696. The summed E-state index contributed by atoms with van der Waals surface area (Å²) in [6.07, 6.45) is 0.480. The lowest BCUT2D eigenvalue weighted by Crippen LogP contribution is -2.13. The van der Waals surface area contributed by atoms with Gasteiger partial charge in [0, 0.05) is 18.8 Å². The van der Waals surface area contributed by atoms with Crippen LogP contribution in [0.4, 0.5) is 14.5 Å². The van der Waals surface area contributed by atoms with Crippen LogP contribution in [0.25, 0.3) is 0 Å². The monoisotopic (exact) mass is 171 g/mol. The molecule has 12 heavy (non-hydrogen) atoms. The molecule has 4 heteroatoms. The molecule has 0 aliphatic rings. The molecule has 0 atom stereocenters. The van der Waals surface area contributed by atoms with Crippen LogP contribution in [0.1, 0.15) is 0 Å². The van der Waals surface area contributed by atoms with Crippen molar-refractivity contribution in [3.63, 3.8) is 0 Å². The van der Waals surface area contributed by atoms with Crippen LogP contribution >= 0.6 is 0 Å². The fraction of sp³-hybridized carbons (Fsp3) is 0.125. The third kappa shape index (κ3) is 1.78. The van der Waals surface area contributed by atoms with Crippen molar-refractivity contribution in [3.05, 3.63) is 29.8 Å². The highest BCUT2D eigenvalue weighted by atomic mass is 19.1. The standard InChI is InChI=1S/C8H7F2NO/c1-11(5-12)8-3-6(9)2-7(10)4-8/h2-5H,1H3. The molecule has 0 unspecified atom stereocenters. The maximum absolute atomic E-state index is 12.5. The van der Waals surface area contributed by atoms with Gasteiger partial charge in [0.2, 0.25) is 6.41 Å². The second-order valence-electron chi connectivity index (χ2n) is 2.34. The van der Waals surface area contributed by atoms with Crippen molar-refractivity contribution in [2.45, 2.75) is 0 Å². The van der Waals surface area contributed by atoms with E-state index in [2.05, 4.69) is 0 Å². The average molecular weight is 171 g/mol. The van der Waals surface area contributed by atoms with E-state index < -0.39 is 11.6 Å². The molecule has 1 rings (SSSR count). The van der Waals surface area contributed by atoms with Crippen LogP contribution in [-0.2, 0) is 4.79 Å². The molecule has 0 heterocycles. The van der Waals surface area contributed by atoms with E-state index in [1.54, 1.807) is 0 Å². The Labute approximate surface area is 68.4 Å². The molecule has 1 aromatic carbocycles. The summed E-state index contributed by atoms with van der Waals surface area (Å²) in [6, 6.07) is 2.91. The zero-order valence-electron chi connectivity index (χ0n) is 6.42. The lowest BCUT2D eigenvalue weighted by Gasteiger charge is -2.09. The second kappa shape index (κ2) is 3.30. The number of hydrogen-bond acceptors (Lipinski definition) is 1. The maximum atomic E-state index is 12.5. The van der Waals surface area contributed by atoms with Gasteiger partial charge in [0.1, 0.15) is 11.6 Å². The third-order valence-corrected chi connectivity index (χ3v) is 1.41. The van der Waals surface area contributed by atoms with Gasteiger partial charge in [-0.2, -0.15) is 0 Å². The van der Waals surface area contributed by atoms with Gasteiger partial charge < -0.3 is 4.90 Å². The fourth-order valence-electron chi connectivity index (χ4n) is 0.804. The molecule has 0 spiro atoms. The number of carbonyl (C=O) groups is 1. The number of halogens is 2. The van der Waals surface area contributed by atoms with Crippen LogP contribution in [-0.4, -0.2) is 13.5 Å². The normalized spacial score (nSPS) is 9.58. The molecular formula is C8H7F2NO. The van der Waals surface area contributed by atoms with E-state index in [-0.39, 0.29) is 5.69 Å². The summed E-state index contributed by atoms with van der Waals surface area (Å²) < 4.78 is 25.1. The SMILES string of the molecule is CN(C=O)c1cc(F)cc(F)c1. The quantitative estimate of drug-likeness (QED) is 0.618. The predicted molar refractivity (Wildman–Crippen MR) is 40.8 cm³/mol. The number of hydrogen-bond donors (Lipinski definition) is 0. The van der Waals surface area contributed by atoms with Crippen molar-refractivity contribution in [3.8, 4) is 0 Å². The van der Waals surface area contributed by atoms with Crippen LogP contribution in [0.5, 0.6) is 0 Å². The molecule has 0 N–H and O–H groups in total. The molecule has 0 radical (unpaired) electrons. The first-order valence-corrected chi connectivity index (χ1v) is 3.27. The summed E-state index contributed by atoms with van der Waals surface area (Å²) in [7, 11) is 1.42. The molecule has 0 aliphatic carbocycles. The van der Waals surface area contributed by atoms with Gasteiger partial charge in [-0.15, -0.1) is 0 Å². The number of benzene rings is 1. The lowest BCUT2D eigenvalue weighted by atomic mass is 10.3. The minimum absolute atomic E-state index is 0.197. The summed E-state index contributed by atoms with van der Waals surface area (Å²) in [4.78, 5) is 11.3. The van der Waals surface area contributed by atoms with E-state index in [4.69, 9.17) is 0 Å². The number of anilines is 1. The zero-order valence-corrected chi connectivity index (χ0v) is 6.42. The van der Waals surface area contributed by atoms with E-state index in [0.29, 0.717) is 6.41 Å². The second-order valence-corrected chi connectivity index (χ2v) is 2.34. The smallest absolute Gasteiger partial charge is 0.213 e. The highest BCUT2D eigenvalue weighted by Crippen LogP contribution is 2.14. The van der Waals surface area contributed by atoms with Gasteiger partial charge in [-0.3, -0.25) is 4.79 Å². The van der Waals surface area contributed by atoms with Crippen molar-refractivity contribution in [1.29, 1.82) is 0 Å². The van der Waals surface area contributed by atoms with Gasteiger partial charge in [0.25, 0.3) is 0 Å². The maximum Gasteiger partial charge on any atom is 0.213 e. The predicted octanol–water partition coefficient (Wildman–Crippen LogP) is 1.56. The fourth-order valence-corrected chi connectivity index (χ4v) is 0.804. The summed E-state index contributed by atoms with van der Waals surface area (Å²) in [5, 5.41) is 0. The van der Waals surface area contributed by atoms with E-state index in [0.717, 1.165) is 23.1 Å². The highest BCUT2D eigenvalue weighted by molar-refractivity contribution is 5.73. The van der Waals surface area contributed by atoms with Crippen molar-refractivity contribution in [1.82, 2.24) is 0 Å². The topological polar surface area (TPSA) is 20.3 Å².